The summed E-state index contributed by atoms with van der Waals surface area (Å²) < 4.78 is 6.58. The standard InChI is InChI=1S/C12H16BrNO2S/c1-2-16-10-3-5-14(6-4-10)12(15)9-7-11(13)17-8-9/h7-8,10H,2-6H2,1H3. The molecule has 0 unspecified atom stereocenters. The van der Waals surface area contributed by atoms with Crippen molar-refractivity contribution in [1.29, 1.82) is 0 Å². The predicted molar refractivity (Wildman–Crippen MR) is 72.6 cm³/mol. The van der Waals surface area contributed by atoms with Gasteiger partial charge in [-0.3, -0.25) is 4.79 Å². The summed E-state index contributed by atoms with van der Waals surface area (Å²) in [5, 5.41) is 1.90. The van der Waals surface area contributed by atoms with Gasteiger partial charge in [-0.25, -0.2) is 0 Å². The minimum absolute atomic E-state index is 0.141. The first-order valence-electron chi connectivity index (χ1n) is 5.85. The number of carbonyl (C=O) groups excluding carboxylic acids is 1. The number of hydrogen-bond acceptors (Lipinski definition) is 3. The summed E-state index contributed by atoms with van der Waals surface area (Å²) in [6.45, 7) is 4.38. The molecule has 94 valence electrons. The van der Waals surface area contributed by atoms with E-state index in [1.54, 1.807) is 11.3 Å². The van der Waals surface area contributed by atoms with E-state index in [9.17, 15) is 4.79 Å². The summed E-state index contributed by atoms with van der Waals surface area (Å²) in [7, 11) is 0. The van der Waals surface area contributed by atoms with Crippen LogP contribution >= 0.6 is 27.3 Å². The maximum absolute atomic E-state index is 12.1. The van der Waals surface area contributed by atoms with E-state index in [0.29, 0.717) is 6.10 Å². The lowest BCUT2D eigenvalue weighted by atomic mass is 10.1. The molecule has 0 aliphatic carbocycles. The van der Waals surface area contributed by atoms with Crippen molar-refractivity contribution in [3.8, 4) is 0 Å². The molecule has 0 radical (unpaired) electrons. The highest BCUT2D eigenvalue weighted by molar-refractivity contribution is 9.11. The maximum atomic E-state index is 12.1. The van der Waals surface area contributed by atoms with Gasteiger partial charge in [-0.15, -0.1) is 11.3 Å². The fourth-order valence-electron chi connectivity index (χ4n) is 2.07. The summed E-state index contributed by atoms with van der Waals surface area (Å²) in [6.07, 6.45) is 2.23. The number of thiophene rings is 1. The molecular formula is C12H16BrNO2S. The highest BCUT2D eigenvalue weighted by Gasteiger charge is 2.24. The van der Waals surface area contributed by atoms with Crippen LogP contribution in [0.4, 0.5) is 0 Å². The molecule has 0 atom stereocenters. The molecule has 0 bridgehead atoms. The van der Waals surface area contributed by atoms with E-state index in [1.165, 1.54) is 0 Å². The Morgan fingerprint density at radius 1 is 1.59 bits per heavy atom. The number of nitrogens with zero attached hydrogens (tertiary/aromatic N) is 1. The van der Waals surface area contributed by atoms with Gasteiger partial charge in [-0.2, -0.15) is 0 Å². The lowest BCUT2D eigenvalue weighted by molar-refractivity contribution is 0.0146. The average Bonchev–Trinajstić information content (AvgIpc) is 2.76. The van der Waals surface area contributed by atoms with Crippen molar-refractivity contribution < 1.29 is 9.53 Å². The first-order valence-corrected chi connectivity index (χ1v) is 7.53. The molecule has 1 aliphatic rings. The molecule has 5 heteroatoms. The summed E-state index contributed by atoms with van der Waals surface area (Å²) in [4.78, 5) is 14.1. The Morgan fingerprint density at radius 2 is 2.29 bits per heavy atom. The Hall–Kier alpha value is -0.390. The normalized spacial score (nSPS) is 17.4. The number of rotatable bonds is 3. The Morgan fingerprint density at radius 3 is 2.82 bits per heavy atom. The van der Waals surface area contributed by atoms with E-state index in [1.807, 2.05) is 23.3 Å². The SMILES string of the molecule is CCOC1CCN(C(=O)c2csc(Br)c2)CC1. The highest BCUT2D eigenvalue weighted by Crippen LogP contribution is 2.23. The van der Waals surface area contributed by atoms with Crippen molar-refractivity contribution in [3.63, 3.8) is 0 Å². The third-order valence-corrected chi connectivity index (χ3v) is 4.45. The van der Waals surface area contributed by atoms with Gasteiger partial charge >= 0.3 is 0 Å². The fraction of sp³-hybridized carbons (Fsp3) is 0.583. The van der Waals surface area contributed by atoms with Crippen LogP contribution in [-0.2, 0) is 4.74 Å². The van der Waals surface area contributed by atoms with Gasteiger partial charge in [-0.05, 0) is 41.8 Å². The minimum Gasteiger partial charge on any atom is -0.378 e. The summed E-state index contributed by atoms with van der Waals surface area (Å²) >= 11 is 4.93. The van der Waals surface area contributed by atoms with E-state index in [4.69, 9.17) is 4.74 Å². The van der Waals surface area contributed by atoms with Gasteiger partial charge in [0.05, 0.1) is 15.5 Å². The van der Waals surface area contributed by atoms with Gasteiger partial charge in [0.15, 0.2) is 0 Å². The molecule has 2 heterocycles. The smallest absolute Gasteiger partial charge is 0.254 e. The van der Waals surface area contributed by atoms with Gasteiger partial charge in [0.25, 0.3) is 5.91 Å². The van der Waals surface area contributed by atoms with E-state index in [0.717, 1.165) is 41.9 Å². The molecule has 0 spiro atoms. The summed E-state index contributed by atoms with van der Waals surface area (Å²) in [5.74, 6) is 0.141. The Kier molecular flexibility index (Phi) is 4.59. The number of hydrogen-bond donors (Lipinski definition) is 0. The Balaban J connectivity index is 1.90. The van der Waals surface area contributed by atoms with E-state index in [2.05, 4.69) is 15.9 Å². The van der Waals surface area contributed by atoms with Crippen LogP contribution in [0.1, 0.15) is 30.1 Å². The predicted octanol–water partition coefficient (Wildman–Crippen LogP) is 3.15. The maximum Gasteiger partial charge on any atom is 0.254 e. The van der Waals surface area contributed by atoms with Crippen LogP contribution in [0.5, 0.6) is 0 Å². The summed E-state index contributed by atoms with van der Waals surface area (Å²) in [5.41, 5.74) is 0.789. The van der Waals surface area contributed by atoms with Crippen LogP contribution in [0.2, 0.25) is 0 Å². The molecule has 0 N–H and O–H groups in total. The molecule has 1 saturated heterocycles. The largest absolute Gasteiger partial charge is 0.378 e. The number of piperidine rings is 1. The van der Waals surface area contributed by atoms with E-state index >= 15 is 0 Å². The quantitative estimate of drug-likeness (QED) is 0.857. The minimum atomic E-state index is 0.141. The molecule has 1 fully saturated rings. The van der Waals surface area contributed by atoms with E-state index < -0.39 is 0 Å². The van der Waals surface area contributed by atoms with Gasteiger partial charge in [0.1, 0.15) is 0 Å². The molecule has 0 aromatic carbocycles. The second-order valence-electron chi connectivity index (χ2n) is 4.09. The van der Waals surface area contributed by atoms with Gasteiger partial charge in [0, 0.05) is 25.1 Å². The molecule has 0 saturated carbocycles. The third kappa shape index (κ3) is 3.30. The molecule has 2 rings (SSSR count). The molecule has 17 heavy (non-hydrogen) atoms. The Labute approximate surface area is 114 Å². The highest BCUT2D eigenvalue weighted by atomic mass is 79.9. The second-order valence-corrected chi connectivity index (χ2v) is 6.38. The number of carbonyl (C=O) groups is 1. The van der Waals surface area contributed by atoms with Gasteiger partial charge in [-0.1, -0.05) is 0 Å². The molecule has 1 aliphatic heterocycles. The van der Waals surface area contributed by atoms with Crippen LogP contribution < -0.4 is 0 Å². The number of amides is 1. The second kappa shape index (κ2) is 5.98. The van der Waals surface area contributed by atoms with Crippen molar-refractivity contribution in [3.05, 3.63) is 20.8 Å². The monoisotopic (exact) mass is 317 g/mol. The molecular weight excluding hydrogens is 302 g/mol. The molecule has 1 aromatic rings. The van der Waals surface area contributed by atoms with Crippen LogP contribution in [0.15, 0.2) is 15.2 Å². The summed E-state index contributed by atoms with van der Waals surface area (Å²) in [6, 6.07) is 1.89. The van der Waals surface area contributed by atoms with Crippen LogP contribution in [0, 0.1) is 0 Å². The molecule has 1 aromatic heterocycles. The van der Waals surface area contributed by atoms with Crippen LogP contribution in [-0.4, -0.2) is 36.6 Å². The molecule has 1 amide bonds. The lowest BCUT2D eigenvalue weighted by Crippen LogP contribution is -2.40. The van der Waals surface area contributed by atoms with Crippen molar-refractivity contribution in [2.75, 3.05) is 19.7 Å². The zero-order chi connectivity index (χ0) is 12.3. The zero-order valence-corrected chi connectivity index (χ0v) is 12.2. The first kappa shape index (κ1) is 13.1. The number of ether oxygens (including phenoxy) is 1. The van der Waals surface area contributed by atoms with E-state index in [-0.39, 0.29) is 5.91 Å². The third-order valence-electron chi connectivity index (χ3n) is 2.95. The van der Waals surface area contributed by atoms with Crippen molar-refractivity contribution >= 4 is 33.2 Å². The number of halogens is 1. The topological polar surface area (TPSA) is 29.5 Å². The fourth-order valence-corrected chi connectivity index (χ4v) is 3.20. The average molecular weight is 318 g/mol. The van der Waals surface area contributed by atoms with Crippen LogP contribution in [0.3, 0.4) is 0 Å². The van der Waals surface area contributed by atoms with Crippen LogP contribution in [0.25, 0.3) is 0 Å². The first-order chi connectivity index (χ1) is 8.20. The van der Waals surface area contributed by atoms with Crippen molar-refractivity contribution in [2.45, 2.75) is 25.9 Å². The van der Waals surface area contributed by atoms with Gasteiger partial charge in [0.2, 0.25) is 0 Å². The lowest BCUT2D eigenvalue weighted by Gasteiger charge is -2.31. The number of likely N-dealkylation sites (tertiary alicyclic amines) is 1. The Bertz CT molecular complexity index is 386. The van der Waals surface area contributed by atoms with Crippen molar-refractivity contribution in [2.24, 2.45) is 0 Å². The van der Waals surface area contributed by atoms with Gasteiger partial charge < -0.3 is 9.64 Å². The zero-order valence-electron chi connectivity index (χ0n) is 9.82. The molecule has 3 nitrogen and oxygen atoms in total. The van der Waals surface area contributed by atoms with Crippen molar-refractivity contribution in [1.82, 2.24) is 4.90 Å².